The minimum Gasteiger partial charge on any atom is -0.233 e. The summed E-state index contributed by atoms with van der Waals surface area (Å²) in [5.74, 6) is 0. The predicted molar refractivity (Wildman–Crippen MR) is 66.2 cm³/mol. The van der Waals surface area contributed by atoms with E-state index in [0.29, 0.717) is 0 Å². The zero-order chi connectivity index (χ0) is 8.65. The maximum Gasteiger partial charge on any atom is 0.155 e. The third-order valence-corrected chi connectivity index (χ3v) is 3.98. The lowest BCUT2D eigenvalue weighted by Gasteiger charge is -2.15. The summed E-state index contributed by atoms with van der Waals surface area (Å²) in [6, 6.07) is 0. The summed E-state index contributed by atoms with van der Waals surface area (Å²) in [5.41, 5.74) is 1.42. The Bertz CT molecular complexity index is 262. The fraction of sp³-hybridized carbons (Fsp3) is 0.571. The maximum atomic E-state index is 4.48. The Kier molecular flexibility index (Phi) is 3.19. The van der Waals surface area contributed by atoms with Crippen LogP contribution in [0.5, 0.6) is 0 Å². The Morgan fingerprint density at radius 3 is 2.00 bits per heavy atom. The van der Waals surface area contributed by atoms with E-state index in [4.69, 9.17) is 0 Å². The fourth-order valence-corrected chi connectivity index (χ4v) is 5.19. The van der Waals surface area contributed by atoms with E-state index in [1.807, 2.05) is 0 Å². The molecule has 0 aliphatic heterocycles. The van der Waals surface area contributed by atoms with E-state index in [1.54, 1.807) is 11.3 Å². The molecule has 1 aromatic rings. The zero-order valence-corrected chi connectivity index (χ0v) is 11.7. The van der Waals surface area contributed by atoms with E-state index in [2.05, 4.69) is 70.9 Å². The van der Waals surface area contributed by atoms with Crippen LogP contribution >= 0.6 is 56.5 Å². The first kappa shape index (κ1) is 10.2. The lowest BCUT2D eigenvalue weighted by molar-refractivity contribution is 0.569. The summed E-state index contributed by atoms with van der Waals surface area (Å²) in [6.45, 7) is 6.58. The number of rotatable bonds is 0. The molecule has 1 nitrogen and oxygen atoms in total. The molecule has 0 radical (unpaired) electrons. The molecule has 11 heavy (non-hydrogen) atoms. The van der Waals surface area contributed by atoms with Gasteiger partial charge in [-0.1, -0.05) is 20.8 Å². The van der Waals surface area contributed by atoms with Gasteiger partial charge in [-0.3, -0.25) is 0 Å². The Balaban J connectivity index is 3.13. The van der Waals surface area contributed by atoms with E-state index in [1.165, 1.54) is 8.58 Å². The molecule has 0 spiro atoms. The molecule has 1 aromatic heterocycles. The highest BCUT2D eigenvalue weighted by Gasteiger charge is 2.20. The van der Waals surface area contributed by atoms with Gasteiger partial charge in [0.15, 0.2) is 3.01 Å². The highest BCUT2D eigenvalue weighted by atomic mass is 127. The molecule has 1 rings (SSSR count). The van der Waals surface area contributed by atoms with Crippen molar-refractivity contribution in [3.63, 3.8) is 0 Å². The molecule has 0 atom stereocenters. The van der Waals surface area contributed by atoms with E-state index in [0.717, 1.165) is 3.01 Å². The first-order valence-corrected chi connectivity index (χ1v) is 6.21. The molecule has 0 aliphatic carbocycles. The average molecular weight is 393 g/mol. The minimum atomic E-state index is 0.191. The summed E-state index contributed by atoms with van der Waals surface area (Å²) in [4.78, 5) is 4.48. The summed E-state index contributed by atoms with van der Waals surface area (Å²) in [6.07, 6.45) is 0. The fourth-order valence-electron chi connectivity index (χ4n) is 0.739. The second kappa shape index (κ2) is 3.45. The standard InChI is InChI=1S/C7H9I2NS/c1-7(2,3)4-5(8)11-6(9)10-4/h1-3H3. The van der Waals surface area contributed by atoms with Crippen LogP contribution in [0.2, 0.25) is 0 Å². The molecular weight excluding hydrogens is 384 g/mol. The van der Waals surface area contributed by atoms with Crippen molar-refractivity contribution in [1.82, 2.24) is 4.98 Å². The Morgan fingerprint density at radius 2 is 1.82 bits per heavy atom. The summed E-state index contributed by atoms with van der Waals surface area (Å²) in [5, 5.41) is 0. The third kappa shape index (κ3) is 2.51. The quantitative estimate of drug-likeness (QED) is 0.614. The van der Waals surface area contributed by atoms with Gasteiger partial charge in [-0.25, -0.2) is 4.98 Å². The van der Waals surface area contributed by atoms with Crippen LogP contribution in [-0.4, -0.2) is 4.98 Å². The number of halogens is 2. The van der Waals surface area contributed by atoms with Crippen LogP contribution in [0.15, 0.2) is 0 Å². The third-order valence-electron chi connectivity index (χ3n) is 1.27. The van der Waals surface area contributed by atoms with Crippen LogP contribution in [0, 0.1) is 5.90 Å². The Hall–Kier alpha value is 1.09. The Labute approximate surface area is 98.3 Å². The smallest absolute Gasteiger partial charge is 0.155 e. The molecule has 0 bridgehead atoms. The summed E-state index contributed by atoms with van der Waals surface area (Å²) < 4.78 is 2.46. The lowest BCUT2D eigenvalue weighted by atomic mass is 9.93. The number of hydrogen-bond acceptors (Lipinski definition) is 2. The van der Waals surface area contributed by atoms with Gasteiger partial charge in [-0.05, 0) is 45.2 Å². The molecular formula is C7H9I2NS. The zero-order valence-electron chi connectivity index (χ0n) is 6.61. The first-order chi connectivity index (χ1) is 4.91. The number of hydrogen-bond donors (Lipinski definition) is 0. The van der Waals surface area contributed by atoms with Gasteiger partial charge in [-0.2, -0.15) is 0 Å². The predicted octanol–water partition coefficient (Wildman–Crippen LogP) is 3.65. The molecule has 1 heterocycles. The van der Waals surface area contributed by atoms with Crippen molar-refractivity contribution in [3.8, 4) is 0 Å². The van der Waals surface area contributed by atoms with Gasteiger partial charge in [-0.15, -0.1) is 11.3 Å². The van der Waals surface area contributed by atoms with Gasteiger partial charge in [0.2, 0.25) is 0 Å². The number of thiazole rings is 1. The molecule has 0 saturated heterocycles. The van der Waals surface area contributed by atoms with Crippen molar-refractivity contribution in [2.24, 2.45) is 0 Å². The molecule has 62 valence electrons. The highest BCUT2D eigenvalue weighted by molar-refractivity contribution is 14.1. The van der Waals surface area contributed by atoms with E-state index in [-0.39, 0.29) is 5.41 Å². The lowest BCUT2D eigenvalue weighted by Crippen LogP contribution is -2.13. The topological polar surface area (TPSA) is 12.9 Å². The second-order valence-electron chi connectivity index (χ2n) is 3.34. The van der Waals surface area contributed by atoms with Gasteiger partial charge >= 0.3 is 0 Å². The molecule has 0 saturated carbocycles. The average Bonchev–Trinajstić information content (AvgIpc) is 2.08. The Morgan fingerprint density at radius 1 is 1.27 bits per heavy atom. The second-order valence-corrected chi connectivity index (χ2v) is 7.90. The molecule has 0 fully saturated rings. The van der Waals surface area contributed by atoms with Crippen LogP contribution < -0.4 is 0 Å². The van der Waals surface area contributed by atoms with Crippen molar-refractivity contribution >= 4 is 56.5 Å². The van der Waals surface area contributed by atoms with Gasteiger partial charge in [0.05, 0.1) is 8.58 Å². The van der Waals surface area contributed by atoms with E-state index in [9.17, 15) is 0 Å². The molecule has 0 aromatic carbocycles. The van der Waals surface area contributed by atoms with Crippen molar-refractivity contribution in [2.45, 2.75) is 26.2 Å². The SMILES string of the molecule is CC(C)(C)c1nc(I)sc1I. The molecule has 0 unspecified atom stereocenters. The molecule has 4 heteroatoms. The summed E-state index contributed by atoms with van der Waals surface area (Å²) >= 11 is 6.38. The van der Waals surface area contributed by atoms with E-state index >= 15 is 0 Å². The van der Waals surface area contributed by atoms with Gasteiger partial charge in [0.25, 0.3) is 0 Å². The summed E-state index contributed by atoms with van der Waals surface area (Å²) in [7, 11) is 0. The highest BCUT2D eigenvalue weighted by Crippen LogP contribution is 2.30. The van der Waals surface area contributed by atoms with Gasteiger partial charge in [0, 0.05) is 5.41 Å². The molecule has 0 amide bonds. The first-order valence-electron chi connectivity index (χ1n) is 3.23. The van der Waals surface area contributed by atoms with Crippen molar-refractivity contribution < 1.29 is 0 Å². The molecule has 0 aliphatic rings. The van der Waals surface area contributed by atoms with Crippen LogP contribution in [-0.2, 0) is 5.41 Å². The van der Waals surface area contributed by atoms with Crippen molar-refractivity contribution in [1.29, 1.82) is 0 Å². The minimum absolute atomic E-state index is 0.191. The van der Waals surface area contributed by atoms with Crippen LogP contribution in [0.4, 0.5) is 0 Å². The van der Waals surface area contributed by atoms with Crippen LogP contribution in [0.25, 0.3) is 0 Å². The van der Waals surface area contributed by atoms with E-state index < -0.39 is 0 Å². The van der Waals surface area contributed by atoms with Crippen LogP contribution in [0.1, 0.15) is 26.5 Å². The maximum absolute atomic E-state index is 4.48. The monoisotopic (exact) mass is 393 g/mol. The normalized spacial score (nSPS) is 12.1. The van der Waals surface area contributed by atoms with Crippen molar-refractivity contribution in [3.05, 3.63) is 11.6 Å². The number of nitrogens with zero attached hydrogens (tertiary/aromatic N) is 1. The van der Waals surface area contributed by atoms with Gasteiger partial charge < -0.3 is 0 Å². The molecule has 0 N–H and O–H groups in total. The van der Waals surface area contributed by atoms with Crippen LogP contribution in [0.3, 0.4) is 0 Å². The van der Waals surface area contributed by atoms with Crippen molar-refractivity contribution in [2.75, 3.05) is 0 Å². The number of aromatic nitrogens is 1. The largest absolute Gasteiger partial charge is 0.233 e. The van der Waals surface area contributed by atoms with Gasteiger partial charge in [0.1, 0.15) is 0 Å².